The molecule has 0 bridgehead atoms. The Kier molecular flexibility index (Phi) is 3.61. The van der Waals surface area contributed by atoms with Crippen LogP contribution in [0.1, 0.15) is 58.8 Å². The zero-order valence-electron chi connectivity index (χ0n) is 12.9. The van der Waals surface area contributed by atoms with E-state index in [-0.39, 0.29) is 23.9 Å². The number of amides is 1. The van der Waals surface area contributed by atoms with E-state index in [1.165, 1.54) is 0 Å². The number of carbonyl (C=O) groups is 2. The molecule has 0 unspecified atom stereocenters. The summed E-state index contributed by atoms with van der Waals surface area (Å²) in [5, 5.41) is 0. The summed E-state index contributed by atoms with van der Waals surface area (Å²) in [6, 6.07) is 0. The standard InChI is InChI=1S/C16H22N2O3/c1-9-7-18(8-10(2)21-9)16(20)15-11(3)14-12(17-15)5-4-6-13(14)19/h9-10,17H,4-8H2,1-3H3/t9-,10+. The van der Waals surface area contributed by atoms with Gasteiger partial charge >= 0.3 is 0 Å². The van der Waals surface area contributed by atoms with Gasteiger partial charge in [0.15, 0.2) is 5.78 Å². The number of H-pyrrole nitrogens is 1. The molecule has 1 fully saturated rings. The van der Waals surface area contributed by atoms with Gasteiger partial charge in [0, 0.05) is 30.8 Å². The first-order valence-electron chi connectivity index (χ1n) is 7.66. The minimum Gasteiger partial charge on any atom is -0.372 e. The number of nitrogens with one attached hydrogen (secondary N) is 1. The molecule has 2 atom stereocenters. The van der Waals surface area contributed by atoms with E-state index in [9.17, 15) is 9.59 Å². The molecule has 5 nitrogen and oxygen atoms in total. The van der Waals surface area contributed by atoms with Gasteiger partial charge < -0.3 is 14.6 Å². The van der Waals surface area contributed by atoms with Crippen LogP contribution in [0.5, 0.6) is 0 Å². The molecule has 1 saturated heterocycles. The molecule has 1 aliphatic heterocycles. The van der Waals surface area contributed by atoms with E-state index in [1.54, 1.807) is 0 Å². The molecule has 2 heterocycles. The monoisotopic (exact) mass is 290 g/mol. The summed E-state index contributed by atoms with van der Waals surface area (Å²) in [6.07, 6.45) is 2.40. The van der Waals surface area contributed by atoms with Crippen LogP contribution in [0.3, 0.4) is 0 Å². The zero-order valence-corrected chi connectivity index (χ0v) is 12.9. The number of hydrogen-bond acceptors (Lipinski definition) is 3. The van der Waals surface area contributed by atoms with E-state index < -0.39 is 0 Å². The van der Waals surface area contributed by atoms with Gasteiger partial charge in [-0.15, -0.1) is 0 Å². The Balaban J connectivity index is 1.90. The lowest BCUT2D eigenvalue weighted by atomic mass is 9.93. The van der Waals surface area contributed by atoms with Crippen LogP contribution in [-0.4, -0.2) is 46.9 Å². The third kappa shape index (κ3) is 2.50. The predicted molar refractivity (Wildman–Crippen MR) is 78.7 cm³/mol. The summed E-state index contributed by atoms with van der Waals surface area (Å²) in [5.74, 6) is 0.143. The van der Waals surface area contributed by atoms with Crippen LogP contribution in [0.4, 0.5) is 0 Å². The first kappa shape index (κ1) is 14.3. The molecule has 2 aliphatic rings. The first-order valence-corrected chi connectivity index (χ1v) is 7.66. The summed E-state index contributed by atoms with van der Waals surface area (Å²) >= 11 is 0. The Labute approximate surface area is 124 Å². The number of aryl methyl sites for hydroxylation is 1. The fourth-order valence-corrected chi connectivity index (χ4v) is 3.49. The van der Waals surface area contributed by atoms with Crippen molar-refractivity contribution >= 4 is 11.7 Å². The van der Waals surface area contributed by atoms with Gasteiger partial charge in [-0.3, -0.25) is 9.59 Å². The van der Waals surface area contributed by atoms with Crippen LogP contribution in [-0.2, 0) is 11.2 Å². The Morgan fingerprint density at radius 2 is 1.90 bits per heavy atom. The van der Waals surface area contributed by atoms with Crippen molar-refractivity contribution in [3.8, 4) is 0 Å². The van der Waals surface area contributed by atoms with Crippen LogP contribution in [0.2, 0.25) is 0 Å². The maximum atomic E-state index is 12.8. The van der Waals surface area contributed by atoms with Crippen molar-refractivity contribution in [3.63, 3.8) is 0 Å². The summed E-state index contributed by atoms with van der Waals surface area (Å²) in [6.45, 7) is 7.03. The van der Waals surface area contributed by atoms with Gasteiger partial charge in [0.1, 0.15) is 5.69 Å². The maximum absolute atomic E-state index is 12.8. The highest BCUT2D eigenvalue weighted by Gasteiger charge is 2.31. The van der Waals surface area contributed by atoms with Gasteiger partial charge in [0.2, 0.25) is 0 Å². The Morgan fingerprint density at radius 3 is 2.52 bits per heavy atom. The number of aromatic amines is 1. The van der Waals surface area contributed by atoms with Crippen molar-refractivity contribution in [2.45, 2.75) is 52.2 Å². The third-order valence-electron chi connectivity index (χ3n) is 4.36. The lowest BCUT2D eigenvalue weighted by Crippen LogP contribution is -2.48. The molecule has 1 aromatic heterocycles. The van der Waals surface area contributed by atoms with E-state index in [2.05, 4.69) is 4.98 Å². The minimum absolute atomic E-state index is 0.0169. The number of rotatable bonds is 1. The number of fused-ring (bicyclic) bond motifs is 1. The van der Waals surface area contributed by atoms with Gasteiger partial charge in [-0.25, -0.2) is 0 Å². The third-order valence-corrected chi connectivity index (χ3v) is 4.36. The highest BCUT2D eigenvalue weighted by molar-refractivity contribution is 6.04. The van der Waals surface area contributed by atoms with Crippen LogP contribution >= 0.6 is 0 Å². The smallest absolute Gasteiger partial charge is 0.270 e. The number of morpholine rings is 1. The van der Waals surface area contributed by atoms with Gasteiger partial charge in [-0.1, -0.05) is 0 Å². The largest absolute Gasteiger partial charge is 0.372 e. The molecule has 0 spiro atoms. The first-order chi connectivity index (χ1) is 9.97. The molecule has 5 heteroatoms. The normalized spacial score (nSPS) is 25.9. The van der Waals surface area contributed by atoms with E-state index in [0.717, 1.165) is 29.7 Å². The molecular weight excluding hydrogens is 268 g/mol. The van der Waals surface area contributed by atoms with Crippen LogP contribution in [0.25, 0.3) is 0 Å². The summed E-state index contributed by atoms with van der Waals surface area (Å²) in [7, 11) is 0. The second-order valence-electron chi connectivity index (χ2n) is 6.22. The molecule has 1 N–H and O–H groups in total. The number of aromatic nitrogens is 1. The van der Waals surface area contributed by atoms with E-state index in [4.69, 9.17) is 4.74 Å². The number of ketones is 1. The number of nitrogens with zero attached hydrogens (tertiary/aromatic N) is 1. The molecule has 3 rings (SSSR count). The van der Waals surface area contributed by atoms with Gasteiger partial charge in [0.25, 0.3) is 5.91 Å². The van der Waals surface area contributed by atoms with Crippen LogP contribution in [0.15, 0.2) is 0 Å². The zero-order chi connectivity index (χ0) is 15.1. The van der Waals surface area contributed by atoms with Crippen molar-refractivity contribution in [1.82, 2.24) is 9.88 Å². The van der Waals surface area contributed by atoms with Crippen molar-refractivity contribution in [1.29, 1.82) is 0 Å². The van der Waals surface area contributed by atoms with E-state index >= 15 is 0 Å². The van der Waals surface area contributed by atoms with Gasteiger partial charge in [0.05, 0.1) is 12.2 Å². The maximum Gasteiger partial charge on any atom is 0.270 e. The molecule has 1 aliphatic carbocycles. The minimum atomic E-state index is -0.0169. The average molecular weight is 290 g/mol. The van der Waals surface area contributed by atoms with Crippen molar-refractivity contribution in [2.24, 2.45) is 0 Å². The highest BCUT2D eigenvalue weighted by Crippen LogP contribution is 2.27. The second kappa shape index (κ2) is 5.30. The molecule has 0 saturated carbocycles. The number of carbonyl (C=O) groups excluding carboxylic acids is 2. The van der Waals surface area contributed by atoms with Crippen molar-refractivity contribution in [2.75, 3.05) is 13.1 Å². The topological polar surface area (TPSA) is 62.4 Å². The van der Waals surface area contributed by atoms with Gasteiger partial charge in [-0.2, -0.15) is 0 Å². The highest BCUT2D eigenvalue weighted by atomic mass is 16.5. The van der Waals surface area contributed by atoms with Gasteiger partial charge in [-0.05, 0) is 39.2 Å². The van der Waals surface area contributed by atoms with Crippen molar-refractivity contribution in [3.05, 3.63) is 22.5 Å². The number of ether oxygens (including phenoxy) is 1. The molecule has 1 aromatic rings. The Morgan fingerprint density at radius 1 is 1.24 bits per heavy atom. The Bertz CT molecular complexity index is 581. The SMILES string of the molecule is Cc1c(C(=O)N2C[C@@H](C)O[C@@H](C)C2)[nH]c2c1C(=O)CCC2. The van der Waals surface area contributed by atoms with E-state index in [0.29, 0.717) is 25.2 Å². The summed E-state index contributed by atoms with van der Waals surface area (Å²) < 4.78 is 5.67. The quantitative estimate of drug-likeness (QED) is 0.861. The summed E-state index contributed by atoms with van der Waals surface area (Å²) in [4.78, 5) is 29.9. The number of Topliss-reactive ketones (excluding diaryl/α,β-unsaturated/α-hetero) is 1. The molecule has 114 valence electrons. The predicted octanol–water partition coefficient (Wildman–Crippen LogP) is 2.09. The summed E-state index contributed by atoms with van der Waals surface area (Å²) in [5.41, 5.74) is 3.07. The second-order valence-corrected chi connectivity index (χ2v) is 6.22. The number of hydrogen-bond donors (Lipinski definition) is 1. The molecule has 1 amide bonds. The fourth-order valence-electron chi connectivity index (χ4n) is 3.49. The molecule has 0 radical (unpaired) electrons. The average Bonchev–Trinajstić information content (AvgIpc) is 2.75. The molecule has 0 aromatic carbocycles. The van der Waals surface area contributed by atoms with E-state index in [1.807, 2.05) is 25.7 Å². The molecular formula is C16H22N2O3. The fraction of sp³-hybridized carbons (Fsp3) is 0.625. The van der Waals surface area contributed by atoms with Crippen LogP contribution in [0, 0.1) is 6.92 Å². The Hall–Kier alpha value is -1.62. The lowest BCUT2D eigenvalue weighted by molar-refractivity contribution is -0.0587. The van der Waals surface area contributed by atoms with Crippen LogP contribution < -0.4 is 0 Å². The lowest BCUT2D eigenvalue weighted by Gasteiger charge is -2.35. The molecule has 21 heavy (non-hydrogen) atoms. The van der Waals surface area contributed by atoms with Crippen molar-refractivity contribution < 1.29 is 14.3 Å².